The summed E-state index contributed by atoms with van der Waals surface area (Å²) in [6.07, 6.45) is -0.566. The van der Waals surface area contributed by atoms with Crippen molar-refractivity contribution >= 4 is 13.6 Å². The number of ether oxygens (including phenoxy) is 2. The molecule has 29 heavy (non-hydrogen) atoms. The molecule has 0 bridgehead atoms. The van der Waals surface area contributed by atoms with Crippen LogP contribution in [-0.4, -0.2) is 48.8 Å². The Kier molecular flexibility index (Phi) is 9.83. The second kappa shape index (κ2) is 11.1. The molecule has 166 valence electrons. The standard InChI is InChI=1S/C21H35O7P/c1-8-26-29(24,27-9-2)19(20(23)28-21(4,5)6)18(14-15(3)22)16-10-12-17(25-7)13-11-16/h10-13,15,18-19,22H,8-9,14H2,1-7H3. The second-order valence-corrected chi connectivity index (χ2v) is 9.97. The Morgan fingerprint density at radius 2 is 1.62 bits per heavy atom. The highest BCUT2D eigenvalue weighted by Gasteiger charge is 2.49. The molecule has 0 spiro atoms. The van der Waals surface area contributed by atoms with Gasteiger partial charge in [0.15, 0.2) is 5.66 Å². The van der Waals surface area contributed by atoms with Crippen molar-refractivity contribution in [2.24, 2.45) is 0 Å². The summed E-state index contributed by atoms with van der Waals surface area (Å²) in [6, 6.07) is 7.07. The summed E-state index contributed by atoms with van der Waals surface area (Å²) in [4.78, 5) is 13.2. The number of aliphatic hydroxyl groups is 1. The first kappa shape index (κ1) is 25.6. The molecule has 0 aliphatic rings. The summed E-state index contributed by atoms with van der Waals surface area (Å²) >= 11 is 0. The van der Waals surface area contributed by atoms with Crippen molar-refractivity contribution in [1.82, 2.24) is 0 Å². The van der Waals surface area contributed by atoms with Crippen molar-refractivity contribution < 1.29 is 33.0 Å². The predicted octanol–water partition coefficient (Wildman–Crippen LogP) is 4.53. The highest BCUT2D eigenvalue weighted by molar-refractivity contribution is 7.55. The smallest absolute Gasteiger partial charge is 0.345 e. The monoisotopic (exact) mass is 430 g/mol. The number of benzene rings is 1. The van der Waals surface area contributed by atoms with Gasteiger partial charge in [0.1, 0.15) is 11.4 Å². The molecule has 1 rings (SSSR count). The Labute approximate surface area is 174 Å². The average Bonchev–Trinajstić information content (AvgIpc) is 2.59. The van der Waals surface area contributed by atoms with Crippen LogP contribution in [0.2, 0.25) is 0 Å². The molecular formula is C21H35O7P. The Morgan fingerprint density at radius 3 is 2.00 bits per heavy atom. The number of hydrogen-bond acceptors (Lipinski definition) is 7. The highest BCUT2D eigenvalue weighted by atomic mass is 31.2. The van der Waals surface area contributed by atoms with Gasteiger partial charge in [0.2, 0.25) is 0 Å². The van der Waals surface area contributed by atoms with E-state index in [4.69, 9.17) is 18.5 Å². The maximum absolute atomic E-state index is 13.7. The van der Waals surface area contributed by atoms with E-state index < -0.39 is 36.8 Å². The van der Waals surface area contributed by atoms with Crippen LogP contribution in [0, 0.1) is 0 Å². The molecule has 0 amide bonds. The van der Waals surface area contributed by atoms with E-state index >= 15 is 0 Å². The van der Waals surface area contributed by atoms with Gasteiger partial charge in [-0.1, -0.05) is 12.1 Å². The van der Waals surface area contributed by atoms with Gasteiger partial charge >= 0.3 is 13.6 Å². The number of methoxy groups -OCH3 is 1. The third-order valence-electron chi connectivity index (χ3n) is 4.13. The van der Waals surface area contributed by atoms with E-state index in [2.05, 4.69) is 0 Å². The quantitative estimate of drug-likeness (QED) is 0.407. The summed E-state index contributed by atoms with van der Waals surface area (Å²) in [7, 11) is -2.33. The van der Waals surface area contributed by atoms with E-state index in [1.54, 1.807) is 72.9 Å². The minimum Gasteiger partial charge on any atom is -0.497 e. The minimum absolute atomic E-state index is 0.112. The normalized spacial score (nSPS) is 15.4. The number of rotatable bonds is 11. The zero-order chi connectivity index (χ0) is 22.2. The first-order chi connectivity index (χ1) is 13.5. The zero-order valence-electron chi connectivity index (χ0n) is 18.5. The molecule has 0 aliphatic heterocycles. The van der Waals surface area contributed by atoms with Gasteiger partial charge in [-0.05, 0) is 65.7 Å². The summed E-state index contributed by atoms with van der Waals surface area (Å²) in [6.45, 7) is 10.4. The van der Waals surface area contributed by atoms with Crippen LogP contribution in [0.5, 0.6) is 5.75 Å². The molecule has 0 aliphatic carbocycles. The van der Waals surface area contributed by atoms with Crippen LogP contribution in [0.4, 0.5) is 0 Å². The maximum atomic E-state index is 13.7. The lowest BCUT2D eigenvalue weighted by Gasteiger charge is -2.34. The van der Waals surface area contributed by atoms with E-state index in [0.717, 1.165) is 0 Å². The third kappa shape index (κ3) is 7.74. The molecule has 1 aromatic rings. The Balaban J connectivity index is 3.55. The summed E-state index contributed by atoms with van der Waals surface area (Å²) < 4.78 is 35.5. The van der Waals surface area contributed by atoms with Crippen molar-refractivity contribution in [2.45, 2.75) is 71.2 Å². The molecular weight excluding hydrogens is 395 g/mol. The van der Waals surface area contributed by atoms with Crippen LogP contribution in [-0.2, 0) is 23.1 Å². The van der Waals surface area contributed by atoms with Gasteiger partial charge in [-0.25, -0.2) is 0 Å². The van der Waals surface area contributed by atoms with Gasteiger partial charge in [-0.3, -0.25) is 9.36 Å². The van der Waals surface area contributed by atoms with Crippen molar-refractivity contribution in [3.05, 3.63) is 29.8 Å². The molecule has 1 aromatic carbocycles. The second-order valence-electron chi connectivity index (χ2n) is 7.82. The Morgan fingerprint density at radius 1 is 1.10 bits per heavy atom. The van der Waals surface area contributed by atoms with Crippen molar-refractivity contribution in [1.29, 1.82) is 0 Å². The van der Waals surface area contributed by atoms with E-state index in [-0.39, 0.29) is 19.6 Å². The molecule has 0 aromatic heterocycles. The molecule has 0 radical (unpaired) electrons. The fourth-order valence-corrected chi connectivity index (χ4v) is 5.26. The molecule has 8 heteroatoms. The van der Waals surface area contributed by atoms with Gasteiger partial charge in [0.25, 0.3) is 0 Å². The van der Waals surface area contributed by atoms with E-state index in [1.165, 1.54) is 0 Å². The molecule has 1 N–H and O–H groups in total. The molecule has 0 fully saturated rings. The number of aliphatic hydroxyl groups excluding tert-OH is 1. The maximum Gasteiger partial charge on any atom is 0.345 e. The molecule has 3 unspecified atom stereocenters. The fourth-order valence-electron chi connectivity index (χ4n) is 3.10. The summed E-state index contributed by atoms with van der Waals surface area (Å²) in [5.41, 5.74) is -1.29. The van der Waals surface area contributed by atoms with E-state index in [9.17, 15) is 14.5 Å². The third-order valence-corrected chi connectivity index (χ3v) is 6.62. The molecule has 0 saturated carbocycles. The lowest BCUT2D eigenvalue weighted by atomic mass is 9.90. The summed E-state index contributed by atoms with van der Waals surface area (Å²) in [5, 5.41) is 10.1. The zero-order valence-corrected chi connectivity index (χ0v) is 19.4. The van der Waals surface area contributed by atoms with Crippen LogP contribution in [0.25, 0.3) is 0 Å². The van der Waals surface area contributed by atoms with Gasteiger partial charge in [0, 0.05) is 5.92 Å². The highest BCUT2D eigenvalue weighted by Crippen LogP contribution is 2.58. The lowest BCUT2D eigenvalue weighted by molar-refractivity contribution is -0.155. The average molecular weight is 430 g/mol. The summed E-state index contributed by atoms with van der Waals surface area (Å²) in [5.74, 6) is -0.667. The first-order valence-corrected chi connectivity index (χ1v) is 11.5. The van der Waals surface area contributed by atoms with Gasteiger partial charge < -0.3 is 23.6 Å². The fraction of sp³-hybridized carbons (Fsp3) is 0.667. The van der Waals surface area contributed by atoms with Crippen molar-refractivity contribution in [3.8, 4) is 5.75 Å². The predicted molar refractivity (Wildman–Crippen MR) is 113 cm³/mol. The van der Waals surface area contributed by atoms with Crippen LogP contribution in [0.15, 0.2) is 24.3 Å². The minimum atomic E-state index is -3.89. The number of esters is 1. The number of carbonyl (C=O) groups excluding carboxylic acids is 1. The van der Waals surface area contributed by atoms with Gasteiger partial charge in [-0.2, -0.15) is 0 Å². The first-order valence-electron chi connectivity index (χ1n) is 9.91. The Bertz CT molecular complexity index is 669. The van der Waals surface area contributed by atoms with E-state index in [0.29, 0.717) is 11.3 Å². The lowest BCUT2D eigenvalue weighted by Crippen LogP contribution is -2.37. The van der Waals surface area contributed by atoms with Crippen molar-refractivity contribution in [3.63, 3.8) is 0 Å². The Hall–Kier alpha value is -1.40. The van der Waals surface area contributed by atoms with Crippen LogP contribution < -0.4 is 4.74 Å². The van der Waals surface area contributed by atoms with Crippen LogP contribution in [0.3, 0.4) is 0 Å². The van der Waals surface area contributed by atoms with Crippen LogP contribution >= 0.6 is 7.60 Å². The number of carbonyl (C=O) groups is 1. The largest absolute Gasteiger partial charge is 0.497 e. The topological polar surface area (TPSA) is 91.3 Å². The molecule has 3 atom stereocenters. The SMILES string of the molecule is CCOP(=O)(OCC)C(C(=O)OC(C)(C)C)C(CC(C)O)c1ccc(OC)cc1. The van der Waals surface area contributed by atoms with Crippen LogP contribution in [0.1, 0.15) is 59.4 Å². The molecule has 7 nitrogen and oxygen atoms in total. The van der Waals surface area contributed by atoms with E-state index in [1.807, 2.05) is 0 Å². The van der Waals surface area contributed by atoms with Gasteiger partial charge in [0.05, 0.1) is 26.4 Å². The van der Waals surface area contributed by atoms with Gasteiger partial charge in [-0.15, -0.1) is 0 Å². The number of hydrogen-bond donors (Lipinski definition) is 1. The molecule has 0 saturated heterocycles. The van der Waals surface area contributed by atoms with Crippen molar-refractivity contribution in [2.75, 3.05) is 20.3 Å². The molecule has 0 heterocycles.